The van der Waals surface area contributed by atoms with Gasteiger partial charge in [0.15, 0.2) is 0 Å². The minimum atomic E-state index is 0.145. The molecular weight excluding hydrogens is 228 g/mol. The average Bonchev–Trinajstić information content (AvgIpc) is 2.35. The molecule has 0 aliphatic heterocycles. The van der Waals surface area contributed by atoms with E-state index in [0.29, 0.717) is 0 Å². The van der Waals surface area contributed by atoms with Crippen LogP contribution in [0.3, 0.4) is 0 Å². The molecule has 0 atom stereocenters. The molecule has 0 aliphatic rings. The van der Waals surface area contributed by atoms with Crippen molar-refractivity contribution in [3.8, 4) is 5.88 Å². The molecule has 0 fully saturated rings. The van der Waals surface area contributed by atoms with E-state index in [1.54, 1.807) is 6.20 Å². The van der Waals surface area contributed by atoms with E-state index in [0.717, 1.165) is 44.2 Å². The molecule has 0 saturated heterocycles. The van der Waals surface area contributed by atoms with Gasteiger partial charge in [-0.3, -0.25) is 0 Å². The zero-order chi connectivity index (χ0) is 13.2. The van der Waals surface area contributed by atoms with Crippen LogP contribution in [0.15, 0.2) is 18.3 Å². The molecule has 0 amide bonds. The fourth-order valence-electron chi connectivity index (χ4n) is 1.50. The molecule has 1 aromatic heterocycles. The second kappa shape index (κ2) is 8.89. The molecule has 18 heavy (non-hydrogen) atoms. The first-order valence-corrected chi connectivity index (χ1v) is 6.63. The van der Waals surface area contributed by atoms with Gasteiger partial charge in [-0.2, -0.15) is 0 Å². The van der Waals surface area contributed by atoms with Crippen LogP contribution in [0.4, 0.5) is 0 Å². The summed E-state index contributed by atoms with van der Waals surface area (Å²) in [7, 11) is 0. The van der Waals surface area contributed by atoms with E-state index in [1.165, 1.54) is 0 Å². The molecule has 0 saturated carbocycles. The summed E-state index contributed by atoms with van der Waals surface area (Å²) in [5.41, 5.74) is 1.08. The normalized spacial score (nSPS) is 10.9. The van der Waals surface area contributed by atoms with Crippen molar-refractivity contribution < 1.29 is 9.47 Å². The van der Waals surface area contributed by atoms with Gasteiger partial charge in [0.25, 0.3) is 0 Å². The van der Waals surface area contributed by atoms with Crippen LogP contribution >= 0.6 is 0 Å². The first-order chi connectivity index (χ1) is 8.74. The standard InChI is InChI=1S/C14H24N2O2/c1-4-9-17-10-8-15-11-13-6-5-7-16-14(13)18-12(2)3/h5-7,12,15H,4,8-11H2,1-3H3. The van der Waals surface area contributed by atoms with Crippen molar-refractivity contribution in [1.29, 1.82) is 0 Å². The second-order valence-corrected chi connectivity index (χ2v) is 4.42. The van der Waals surface area contributed by atoms with E-state index < -0.39 is 0 Å². The molecule has 102 valence electrons. The number of pyridine rings is 1. The van der Waals surface area contributed by atoms with Crippen LogP contribution in [-0.2, 0) is 11.3 Å². The Bertz CT molecular complexity index is 329. The number of hydrogen-bond donors (Lipinski definition) is 1. The Kier molecular flexibility index (Phi) is 7.37. The van der Waals surface area contributed by atoms with E-state index in [2.05, 4.69) is 17.2 Å². The van der Waals surface area contributed by atoms with Gasteiger partial charge in [-0.25, -0.2) is 4.98 Å². The van der Waals surface area contributed by atoms with Gasteiger partial charge in [-0.05, 0) is 26.3 Å². The molecule has 1 N–H and O–H groups in total. The van der Waals surface area contributed by atoms with Gasteiger partial charge >= 0.3 is 0 Å². The Balaban J connectivity index is 2.32. The van der Waals surface area contributed by atoms with Crippen molar-refractivity contribution >= 4 is 0 Å². The SMILES string of the molecule is CCCOCCNCc1cccnc1OC(C)C. The van der Waals surface area contributed by atoms with Crippen LogP contribution < -0.4 is 10.1 Å². The summed E-state index contributed by atoms with van der Waals surface area (Å²) in [6.45, 7) is 9.29. The summed E-state index contributed by atoms with van der Waals surface area (Å²) >= 11 is 0. The fourth-order valence-corrected chi connectivity index (χ4v) is 1.50. The highest BCUT2D eigenvalue weighted by Crippen LogP contribution is 2.15. The molecule has 4 heteroatoms. The zero-order valence-corrected chi connectivity index (χ0v) is 11.6. The summed E-state index contributed by atoms with van der Waals surface area (Å²) in [6, 6.07) is 3.96. The molecule has 1 aromatic rings. The van der Waals surface area contributed by atoms with Crippen molar-refractivity contribution in [3.05, 3.63) is 23.9 Å². The molecule has 0 unspecified atom stereocenters. The van der Waals surface area contributed by atoms with Crippen molar-refractivity contribution in [2.45, 2.75) is 39.8 Å². The zero-order valence-electron chi connectivity index (χ0n) is 11.6. The number of hydrogen-bond acceptors (Lipinski definition) is 4. The largest absolute Gasteiger partial charge is 0.475 e. The first-order valence-electron chi connectivity index (χ1n) is 6.63. The molecule has 0 aromatic carbocycles. The lowest BCUT2D eigenvalue weighted by Crippen LogP contribution is -2.20. The van der Waals surface area contributed by atoms with Gasteiger partial charge in [-0.15, -0.1) is 0 Å². The van der Waals surface area contributed by atoms with Crippen molar-refractivity contribution in [2.75, 3.05) is 19.8 Å². The lowest BCUT2D eigenvalue weighted by atomic mass is 10.2. The number of nitrogens with one attached hydrogen (secondary N) is 1. The Morgan fingerprint density at radius 1 is 1.33 bits per heavy atom. The molecular formula is C14H24N2O2. The van der Waals surface area contributed by atoms with Crippen LogP contribution in [0.5, 0.6) is 5.88 Å². The Hall–Kier alpha value is -1.13. The van der Waals surface area contributed by atoms with Crippen molar-refractivity contribution in [2.24, 2.45) is 0 Å². The highest BCUT2D eigenvalue weighted by molar-refractivity contribution is 5.25. The smallest absolute Gasteiger partial charge is 0.218 e. The summed E-state index contributed by atoms with van der Waals surface area (Å²) in [4.78, 5) is 4.25. The van der Waals surface area contributed by atoms with Crippen LogP contribution in [0.2, 0.25) is 0 Å². The van der Waals surface area contributed by atoms with Crippen LogP contribution in [0.1, 0.15) is 32.8 Å². The molecule has 0 spiro atoms. The third-order valence-corrected chi connectivity index (χ3v) is 2.28. The highest BCUT2D eigenvalue weighted by atomic mass is 16.5. The van der Waals surface area contributed by atoms with Crippen LogP contribution in [0, 0.1) is 0 Å². The van der Waals surface area contributed by atoms with E-state index in [1.807, 2.05) is 26.0 Å². The minimum Gasteiger partial charge on any atom is -0.475 e. The minimum absolute atomic E-state index is 0.145. The monoisotopic (exact) mass is 252 g/mol. The summed E-state index contributed by atoms with van der Waals surface area (Å²) in [5, 5.41) is 3.33. The average molecular weight is 252 g/mol. The lowest BCUT2D eigenvalue weighted by Gasteiger charge is -2.13. The maximum atomic E-state index is 5.66. The van der Waals surface area contributed by atoms with E-state index in [9.17, 15) is 0 Å². The van der Waals surface area contributed by atoms with Gasteiger partial charge in [-0.1, -0.05) is 13.0 Å². The van der Waals surface area contributed by atoms with Gasteiger partial charge in [0.05, 0.1) is 12.7 Å². The first kappa shape index (κ1) is 14.9. The Morgan fingerprint density at radius 3 is 2.89 bits per heavy atom. The maximum Gasteiger partial charge on any atom is 0.218 e. The topological polar surface area (TPSA) is 43.4 Å². The number of ether oxygens (including phenoxy) is 2. The van der Waals surface area contributed by atoms with Gasteiger partial charge in [0, 0.05) is 31.5 Å². The quantitative estimate of drug-likeness (QED) is 0.685. The lowest BCUT2D eigenvalue weighted by molar-refractivity contribution is 0.136. The number of rotatable bonds is 9. The predicted octanol–water partition coefficient (Wildman–Crippen LogP) is 2.39. The van der Waals surface area contributed by atoms with Gasteiger partial charge in [0.2, 0.25) is 5.88 Å². The molecule has 0 radical (unpaired) electrons. The Labute approximate surface area is 110 Å². The molecule has 1 heterocycles. The molecule has 4 nitrogen and oxygen atoms in total. The van der Waals surface area contributed by atoms with Crippen LogP contribution in [0.25, 0.3) is 0 Å². The third kappa shape index (κ3) is 5.98. The number of aromatic nitrogens is 1. The van der Waals surface area contributed by atoms with Crippen molar-refractivity contribution in [3.63, 3.8) is 0 Å². The maximum absolute atomic E-state index is 5.66. The van der Waals surface area contributed by atoms with Crippen LogP contribution in [-0.4, -0.2) is 30.8 Å². The second-order valence-electron chi connectivity index (χ2n) is 4.42. The van der Waals surface area contributed by atoms with Crippen molar-refractivity contribution in [1.82, 2.24) is 10.3 Å². The molecule has 1 rings (SSSR count). The number of nitrogens with zero attached hydrogens (tertiary/aromatic N) is 1. The summed E-state index contributed by atoms with van der Waals surface area (Å²) in [6.07, 6.45) is 2.96. The fraction of sp³-hybridized carbons (Fsp3) is 0.643. The van der Waals surface area contributed by atoms with E-state index >= 15 is 0 Å². The summed E-state index contributed by atoms with van der Waals surface area (Å²) < 4.78 is 11.1. The molecule has 0 bridgehead atoms. The summed E-state index contributed by atoms with van der Waals surface area (Å²) in [5.74, 6) is 0.717. The van der Waals surface area contributed by atoms with Gasteiger partial charge < -0.3 is 14.8 Å². The molecule has 0 aliphatic carbocycles. The highest BCUT2D eigenvalue weighted by Gasteiger charge is 2.05. The van der Waals surface area contributed by atoms with E-state index in [-0.39, 0.29) is 6.10 Å². The Morgan fingerprint density at radius 2 is 2.17 bits per heavy atom. The van der Waals surface area contributed by atoms with Gasteiger partial charge in [0.1, 0.15) is 0 Å². The third-order valence-electron chi connectivity index (χ3n) is 2.28. The van der Waals surface area contributed by atoms with E-state index in [4.69, 9.17) is 9.47 Å². The predicted molar refractivity (Wildman–Crippen MR) is 72.8 cm³/mol.